The van der Waals surface area contributed by atoms with Gasteiger partial charge < -0.3 is 19.7 Å². The van der Waals surface area contributed by atoms with Crippen molar-refractivity contribution in [2.45, 2.75) is 30.1 Å². The first-order valence-electron chi connectivity index (χ1n) is 7.71. The molecule has 1 aliphatic carbocycles. The predicted octanol–water partition coefficient (Wildman–Crippen LogP) is 0.434. The van der Waals surface area contributed by atoms with Gasteiger partial charge in [0.2, 0.25) is 0 Å². The van der Waals surface area contributed by atoms with Crippen molar-refractivity contribution < 1.29 is 19.7 Å². The number of rotatable bonds is 3. The van der Waals surface area contributed by atoms with E-state index in [9.17, 15) is 10.2 Å². The Bertz CT molecular complexity index is 635. The minimum absolute atomic E-state index is 0.233. The van der Waals surface area contributed by atoms with Gasteiger partial charge in [0, 0.05) is 5.41 Å². The molecule has 0 aromatic heterocycles. The second kappa shape index (κ2) is 5.85. The number of likely N-dealkylation sites (N-methyl/N-ethyl adjacent to an activating group) is 1. The molecule has 5 nitrogen and oxygen atoms in total. The smallest absolute Gasteiger partial charge is 0.161 e. The Kier molecular flexibility index (Phi) is 4.17. The first-order valence-corrected chi connectivity index (χ1v) is 7.71. The van der Waals surface area contributed by atoms with E-state index in [4.69, 9.17) is 17.3 Å². The molecule has 122 valence electrons. The van der Waals surface area contributed by atoms with E-state index < -0.39 is 17.6 Å². The van der Waals surface area contributed by atoms with Crippen molar-refractivity contribution in [1.82, 2.24) is 4.90 Å². The highest BCUT2D eigenvalue weighted by atomic mass is 16.5. The summed E-state index contributed by atoms with van der Waals surface area (Å²) in [4.78, 5) is 2.08. The molecule has 0 bridgehead atoms. The van der Waals surface area contributed by atoms with Crippen LogP contribution in [-0.2, 0) is 5.41 Å². The molecule has 3 unspecified atom stereocenters. The van der Waals surface area contributed by atoms with Gasteiger partial charge in [-0.1, -0.05) is 17.6 Å². The molecule has 1 aliphatic heterocycles. The van der Waals surface area contributed by atoms with Crippen LogP contribution in [0.3, 0.4) is 0 Å². The van der Waals surface area contributed by atoms with Crippen molar-refractivity contribution in [3.05, 3.63) is 35.3 Å². The quantitative estimate of drug-likeness (QED) is 0.792. The number of benzene rings is 1. The van der Waals surface area contributed by atoms with Crippen LogP contribution in [0.15, 0.2) is 29.7 Å². The van der Waals surface area contributed by atoms with Crippen molar-refractivity contribution >= 4 is 7.85 Å². The summed E-state index contributed by atoms with van der Waals surface area (Å²) < 4.78 is 10.7. The lowest BCUT2D eigenvalue weighted by Gasteiger charge is -2.44. The number of hydrogen-bond donors (Lipinski definition) is 2. The van der Waals surface area contributed by atoms with Gasteiger partial charge in [-0.05, 0) is 37.7 Å². The van der Waals surface area contributed by atoms with Crippen molar-refractivity contribution in [1.29, 1.82) is 0 Å². The molecule has 1 aromatic rings. The van der Waals surface area contributed by atoms with Crippen LogP contribution in [0.5, 0.6) is 11.5 Å². The molecule has 2 N–H and O–H groups in total. The average Bonchev–Trinajstić information content (AvgIpc) is 2.89. The molecule has 0 amide bonds. The van der Waals surface area contributed by atoms with Crippen molar-refractivity contribution in [2.75, 3.05) is 27.8 Å². The highest BCUT2D eigenvalue weighted by molar-refractivity contribution is 6.22. The highest BCUT2D eigenvalue weighted by Crippen LogP contribution is 2.48. The van der Waals surface area contributed by atoms with Crippen LogP contribution in [0.25, 0.3) is 0 Å². The molecular formula is C17H22BNO4. The van der Waals surface area contributed by atoms with E-state index in [2.05, 4.69) is 4.90 Å². The number of likely N-dealkylation sites (tertiary alicyclic amines) is 1. The van der Waals surface area contributed by atoms with Crippen molar-refractivity contribution in [3.63, 3.8) is 0 Å². The number of hydrogen-bond acceptors (Lipinski definition) is 5. The summed E-state index contributed by atoms with van der Waals surface area (Å²) in [5.41, 5.74) is 0.869. The van der Waals surface area contributed by atoms with Crippen LogP contribution in [0.2, 0.25) is 0 Å². The summed E-state index contributed by atoms with van der Waals surface area (Å²) in [5.74, 6) is 1.30. The molecule has 0 spiro atoms. The van der Waals surface area contributed by atoms with Gasteiger partial charge in [0.25, 0.3) is 0 Å². The Hall–Kier alpha value is -1.50. The molecule has 0 saturated carbocycles. The zero-order valence-electron chi connectivity index (χ0n) is 13.7. The monoisotopic (exact) mass is 315 g/mol. The maximum Gasteiger partial charge on any atom is 0.161 e. The van der Waals surface area contributed by atoms with E-state index in [1.807, 2.05) is 31.3 Å². The Morgan fingerprint density at radius 3 is 2.57 bits per heavy atom. The van der Waals surface area contributed by atoms with Crippen molar-refractivity contribution in [2.24, 2.45) is 0 Å². The molecule has 2 aliphatic rings. The van der Waals surface area contributed by atoms with Crippen LogP contribution in [0.4, 0.5) is 0 Å². The summed E-state index contributed by atoms with van der Waals surface area (Å²) in [7, 11) is 11.1. The molecule has 1 fully saturated rings. The maximum absolute atomic E-state index is 10.6. The second-order valence-corrected chi connectivity index (χ2v) is 6.37. The molecule has 23 heavy (non-hydrogen) atoms. The third-order valence-corrected chi connectivity index (χ3v) is 5.21. The van der Waals surface area contributed by atoms with E-state index in [1.165, 1.54) is 0 Å². The lowest BCUT2D eigenvalue weighted by molar-refractivity contribution is -0.0228. The van der Waals surface area contributed by atoms with E-state index in [-0.39, 0.29) is 6.04 Å². The Morgan fingerprint density at radius 2 is 1.91 bits per heavy atom. The summed E-state index contributed by atoms with van der Waals surface area (Å²) in [6.07, 6.45) is 0.753. The third kappa shape index (κ3) is 2.36. The van der Waals surface area contributed by atoms with Crippen molar-refractivity contribution in [3.8, 4) is 11.5 Å². The fraction of sp³-hybridized carbons (Fsp3) is 0.529. The summed E-state index contributed by atoms with van der Waals surface area (Å²) in [6, 6.07) is 5.53. The molecule has 4 atom stereocenters. The Morgan fingerprint density at radius 1 is 1.22 bits per heavy atom. The van der Waals surface area contributed by atoms with Crippen LogP contribution in [0.1, 0.15) is 12.0 Å². The average molecular weight is 315 g/mol. The molecule has 1 saturated heterocycles. The standard InChI is InChI=1S/C17H22BNO4/c1-19-7-6-17(9-11(18)14(20)15(21)16(17)19)10-4-5-12(22-2)13(8-10)23-3/h4-5,8-9,14-16,20-21H,6-7H2,1-3H3/t14?,15?,16?,17-/m1/s1. The van der Waals surface area contributed by atoms with Gasteiger partial charge in [-0.3, -0.25) is 4.90 Å². The van der Waals surface area contributed by atoms with Gasteiger partial charge in [0.15, 0.2) is 11.5 Å². The van der Waals surface area contributed by atoms with Gasteiger partial charge in [-0.2, -0.15) is 0 Å². The van der Waals surface area contributed by atoms with Gasteiger partial charge in [-0.25, -0.2) is 0 Å². The molecule has 3 rings (SSSR count). The SMILES string of the molecule is [B]C1=C[C@@]2(c3ccc(OC)c(OC)c3)CCN(C)C2C(O)C1O. The normalized spacial score (nSPS) is 34.0. The fourth-order valence-corrected chi connectivity index (χ4v) is 4.04. The first kappa shape index (κ1) is 16.4. The number of ether oxygens (including phenoxy) is 2. The lowest BCUT2D eigenvalue weighted by Crippen LogP contribution is -2.56. The maximum atomic E-state index is 10.6. The zero-order valence-corrected chi connectivity index (χ0v) is 13.7. The summed E-state index contributed by atoms with van der Waals surface area (Å²) in [5, 5.41) is 20.7. The van der Waals surface area contributed by atoms with Gasteiger partial charge in [0.05, 0.1) is 32.5 Å². The third-order valence-electron chi connectivity index (χ3n) is 5.21. The van der Waals surface area contributed by atoms with E-state index in [1.54, 1.807) is 14.2 Å². The molecular weight excluding hydrogens is 293 g/mol. The molecule has 6 heteroatoms. The minimum atomic E-state index is -1.03. The number of nitrogens with zero attached hydrogens (tertiary/aromatic N) is 1. The first-order chi connectivity index (χ1) is 10.9. The molecule has 1 aromatic carbocycles. The number of methoxy groups -OCH3 is 2. The molecule has 2 radical (unpaired) electrons. The molecule has 1 heterocycles. The zero-order chi connectivity index (χ0) is 16.8. The number of aliphatic hydroxyl groups excluding tert-OH is 2. The predicted molar refractivity (Wildman–Crippen MR) is 88.1 cm³/mol. The Balaban J connectivity index is 2.15. The van der Waals surface area contributed by atoms with Gasteiger partial charge in [-0.15, -0.1) is 0 Å². The van der Waals surface area contributed by atoms with E-state index in [0.29, 0.717) is 17.0 Å². The van der Waals surface area contributed by atoms with Crippen LogP contribution in [0, 0.1) is 0 Å². The van der Waals surface area contributed by atoms with Crippen LogP contribution < -0.4 is 9.47 Å². The topological polar surface area (TPSA) is 62.2 Å². The largest absolute Gasteiger partial charge is 0.493 e. The summed E-state index contributed by atoms with van der Waals surface area (Å²) >= 11 is 0. The lowest BCUT2D eigenvalue weighted by atomic mass is 9.63. The highest BCUT2D eigenvalue weighted by Gasteiger charge is 2.53. The minimum Gasteiger partial charge on any atom is -0.493 e. The second-order valence-electron chi connectivity index (χ2n) is 6.37. The number of aliphatic hydroxyl groups is 2. The van der Waals surface area contributed by atoms with E-state index >= 15 is 0 Å². The number of fused-ring (bicyclic) bond motifs is 1. The van der Waals surface area contributed by atoms with E-state index in [0.717, 1.165) is 18.5 Å². The van der Waals surface area contributed by atoms with Gasteiger partial charge in [0.1, 0.15) is 7.85 Å². The Labute approximate surface area is 137 Å². The fourth-order valence-electron chi connectivity index (χ4n) is 4.04. The summed E-state index contributed by atoms with van der Waals surface area (Å²) in [6.45, 7) is 0.812. The van der Waals surface area contributed by atoms with Crippen LogP contribution >= 0.6 is 0 Å². The van der Waals surface area contributed by atoms with Crippen LogP contribution in [-0.4, -0.2) is 69.0 Å². The van der Waals surface area contributed by atoms with Gasteiger partial charge >= 0.3 is 0 Å².